The quantitative estimate of drug-likeness (QED) is 0.807. The maximum Gasteiger partial charge on any atom is 0.213 e. The van der Waals surface area contributed by atoms with Gasteiger partial charge >= 0.3 is 0 Å². The summed E-state index contributed by atoms with van der Waals surface area (Å²) in [6, 6.07) is 6.60. The lowest BCUT2D eigenvalue weighted by atomic mass is 10.0. The molecule has 2 aliphatic rings. The van der Waals surface area contributed by atoms with Gasteiger partial charge in [-0.2, -0.15) is 5.10 Å². The molecule has 5 rings (SSSR count). The van der Waals surface area contributed by atoms with Gasteiger partial charge < -0.3 is 5.11 Å². The molecule has 1 saturated carbocycles. The number of aromatic nitrogens is 3. The highest BCUT2D eigenvalue weighted by atomic mass is 32.1. The van der Waals surface area contributed by atoms with E-state index in [2.05, 4.69) is 23.3 Å². The smallest absolute Gasteiger partial charge is 0.213 e. The normalized spacial score (nSPS) is 17.3. The van der Waals surface area contributed by atoms with Crippen LogP contribution in [0, 0.1) is 0 Å². The zero-order chi connectivity index (χ0) is 14.7. The number of rotatable bonds is 3. The molecule has 0 unspecified atom stereocenters. The monoisotopic (exact) mass is 311 g/mol. The van der Waals surface area contributed by atoms with Gasteiger partial charge in [-0.05, 0) is 49.3 Å². The number of aliphatic hydroxyl groups excluding tert-OH is 1. The van der Waals surface area contributed by atoms with Crippen molar-refractivity contribution in [1.82, 2.24) is 14.6 Å². The molecular weight excluding hydrogens is 294 g/mol. The van der Waals surface area contributed by atoms with Crippen LogP contribution in [0.4, 0.5) is 0 Å². The van der Waals surface area contributed by atoms with E-state index in [9.17, 15) is 5.11 Å². The fourth-order valence-electron chi connectivity index (χ4n) is 3.39. The van der Waals surface area contributed by atoms with Crippen LogP contribution in [0.1, 0.15) is 47.0 Å². The molecule has 0 aliphatic heterocycles. The van der Waals surface area contributed by atoms with E-state index in [0.717, 1.165) is 33.3 Å². The van der Waals surface area contributed by atoms with Gasteiger partial charge in [0.15, 0.2) is 0 Å². The predicted octanol–water partition coefficient (Wildman–Crippen LogP) is 3.32. The van der Waals surface area contributed by atoms with Gasteiger partial charge in [0.2, 0.25) is 4.96 Å². The van der Waals surface area contributed by atoms with E-state index in [0.29, 0.717) is 5.92 Å². The fraction of sp³-hybridized carbons (Fsp3) is 0.412. The third-order valence-corrected chi connectivity index (χ3v) is 5.83. The molecule has 3 aromatic rings. The van der Waals surface area contributed by atoms with Crippen LogP contribution in [0.2, 0.25) is 0 Å². The summed E-state index contributed by atoms with van der Waals surface area (Å²) < 4.78 is 1.85. The number of nitrogens with zero attached hydrogens (tertiary/aromatic N) is 3. The summed E-state index contributed by atoms with van der Waals surface area (Å²) >= 11 is 1.67. The Hall–Kier alpha value is -1.72. The summed E-state index contributed by atoms with van der Waals surface area (Å²) in [5, 5.41) is 15.7. The lowest BCUT2D eigenvalue weighted by molar-refractivity contribution is 0.275. The van der Waals surface area contributed by atoms with Crippen molar-refractivity contribution in [2.75, 3.05) is 0 Å². The summed E-state index contributed by atoms with van der Waals surface area (Å²) in [4.78, 5) is 5.67. The number of imidazole rings is 1. The Labute approximate surface area is 132 Å². The topological polar surface area (TPSA) is 50.4 Å². The van der Waals surface area contributed by atoms with Gasteiger partial charge in [-0.15, -0.1) is 0 Å². The number of hydrogen-bond donors (Lipinski definition) is 1. The van der Waals surface area contributed by atoms with Gasteiger partial charge in [-0.3, -0.25) is 0 Å². The molecule has 5 heteroatoms. The van der Waals surface area contributed by atoms with E-state index < -0.39 is 0 Å². The molecule has 1 aromatic carbocycles. The molecular formula is C17H17N3OS. The Morgan fingerprint density at radius 1 is 1.23 bits per heavy atom. The van der Waals surface area contributed by atoms with Crippen LogP contribution in [0.15, 0.2) is 18.2 Å². The summed E-state index contributed by atoms with van der Waals surface area (Å²) in [7, 11) is 0. The fourth-order valence-corrected chi connectivity index (χ4v) is 4.48. The molecule has 0 spiro atoms. The largest absolute Gasteiger partial charge is 0.390 e. The van der Waals surface area contributed by atoms with Crippen molar-refractivity contribution in [3.8, 4) is 11.3 Å². The molecule has 2 heterocycles. The molecule has 2 aromatic heterocycles. The first-order chi connectivity index (χ1) is 10.8. The Balaban J connectivity index is 1.65. The van der Waals surface area contributed by atoms with E-state index in [-0.39, 0.29) is 6.61 Å². The van der Waals surface area contributed by atoms with Crippen molar-refractivity contribution >= 4 is 16.3 Å². The highest BCUT2D eigenvalue weighted by molar-refractivity contribution is 7.16. The third kappa shape index (κ3) is 1.85. The standard InChI is InChI=1S/C17H17N3OS/c21-9-14-15(13-7-4-10-2-1-3-12(10)8-13)18-17-20(14)19-16(22-17)11-5-6-11/h4,7-8,11,21H,1-3,5-6,9H2. The molecule has 1 N–H and O–H groups in total. The number of hydrogen-bond acceptors (Lipinski definition) is 4. The van der Waals surface area contributed by atoms with Crippen molar-refractivity contribution in [3.63, 3.8) is 0 Å². The first kappa shape index (κ1) is 12.8. The molecule has 0 radical (unpaired) electrons. The second-order valence-electron chi connectivity index (χ2n) is 6.31. The first-order valence-electron chi connectivity index (χ1n) is 7.95. The Bertz CT molecular complexity index is 876. The highest BCUT2D eigenvalue weighted by Gasteiger charge is 2.29. The van der Waals surface area contributed by atoms with E-state index in [1.54, 1.807) is 11.3 Å². The molecule has 2 aliphatic carbocycles. The van der Waals surface area contributed by atoms with Gasteiger partial charge in [0, 0.05) is 11.5 Å². The van der Waals surface area contributed by atoms with Crippen LogP contribution < -0.4 is 0 Å². The molecule has 0 atom stereocenters. The van der Waals surface area contributed by atoms with Crippen molar-refractivity contribution in [2.45, 2.75) is 44.6 Å². The number of benzene rings is 1. The number of fused-ring (bicyclic) bond motifs is 2. The van der Waals surface area contributed by atoms with E-state index in [1.165, 1.54) is 36.8 Å². The van der Waals surface area contributed by atoms with Crippen molar-refractivity contribution in [1.29, 1.82) is 0 Å². The summed E-state index contributed by atoms with van der Waals surface area (Å²) in [5.41, 5.74) is 5.71. The van der Waals surface area contributed by atoms with Crippen molar-refractivity contribution in [3.05, 3.63) is 40.0 Å². The predicted molar refractivity (Wildman–Crippen MR) is 86.2 cm³/mol. The van der Waals surface area contributed by atoms with Gasteiger partial charge in [-0.1, -0.05) is 23.5 Å². The van der Waals surface area contributed by atoms with Crippen molar-refractivity contribution < 1.29 is 5.11 Å². The summed E-state index contributed by atoms with van der Waals surface area (Å²) in [6.07, 6.45) is 6.07. The highest BCUT2D eigenvalue weighted by Crippen LogP contribution is 2.42. The van der Waals surface area contributed by atoms with E-state index >= 15 is 0 Å². The maximum atomic E-state index is 9.83. The van der Waals surface area contributed by atoms with Crippen molar-refractivity contribution in [2.24, 2.45) is 0 Å². The third-order valence-electron chi connectivity index (χ3n) is 4.76. The number of aryl methyl sites for hydroxylation is 2. The Kier molecular flexibility index (Phi) is 2.69. The van der Waals surface area contributed by atoms with Gasteiger partial charge in [-0.25, -0.2) is 9.50 Å². The lowest BCUT2D eigenvalue weighted by Crippen LogP contribution is -1.96. The minimum absolute atomic E-state index is 0.0264. The van der Waals surface area contributed by atoms with Crippen LogP contribution in [-0.2, 0) is 19.4 Å². The van der Waals surface area contributed by atoms with E-state index in [1.807, 2.05) is 4.52 Å². The van der Waals surface area contributed by atoms with Crippen LogP contribution in [0.3, 0.4) is 0 Å². The molecule has 4 nitrogen and oxygen atoms in total. The molecule has 0 saturated heterocycles. The minimum atomic E-state index is -0.0264. The maximum absolute atomic E-state index is 9.83. The second kappa shape index (κ2) is 4.64. The van der Waals surface area contributed by atoms with Crippen LogP contribution >= 0.6 is 11.3 Å². The molecule has 112 valence electrons. The SMILES string of the molecule is OCc1c(-c2ccc3c(c2)CCC3)nc2sc(C3CC3)nn12. The second-order valence-corrected chi connectivity index (χ2v) is 7.30. The van der Waals surface area contributed by atoms with Gasteiger partial charge in [0.25, 0.3) is 0 Å². The zero-order valence-electron chi connectivity index (χ0n) is 12.2. The first-order valence-corrected chi connectivity index (χ1v) is 8.76. The van der Waals surface area contributed by atoms with Gasteiger partial charge in [0.05, 0.1) is 18.0 Å². The van der Waals surface area contributed by atoms with Crippen LogP contribution in [0.25, 0.3) is 16.2 Å². The average Bonchev–Trinajstić information content (AvgIpc) is 3.00. The van der Waals surface area contributed by atoms with E-state index in [4.69, 9.17) is 4.98 Å². The summed E-state index contributed by atoms with van der Waals surface area (Å²) in [5.74, 6) is 0.627. The zero-order valence-corrected chi connectivity index (χ0v) is 13.1. The minimum Gasteiger partial charge on any atom is -0.390 e. The molecule has 0 bridgehead atoms. The van der Waals surface area contributed by atoms with Gasteiger partial charge in [0.1, 0.15) is 5.01 Å². The van der Waals surface area contributed by atoms with Crippen LogP contribution in [0.5, 0.6) is 0 Å². The Morgan fingerprint density at radius 2 is 2.09 bits per heavy atom. The lowest BCUT2D eigenvalue weighted by Gasteiger charge is -2.04. The average molecular weight is 311 g/mol. The number of aliphatic hydroxyl groups is 1. The molecule has 1 fully saturated rings. The summed E-state index contributed by atoms with van der Waals surface area (Å²) in [6.45, 7) is -0.0264. The molecule has 0 amide bonds. The molecule has 22 heavy (non-hydrogen) atoms. The Morgan fingerprint density at radius 3 is 2.91 bits per heavy atom. The van der Waals surface area contributed by atoms with Crippen LogP contribution in [-0.4, -0.2) is 19.7 Å².